The highest BCUT2D eigenvalue weighted by Gasteiger charge is 1.95. The zero-order valence-electron chi connectivity index (χ0n) is 3.96. The van der Waals surface area contributed by atoms with Crippen molar-refractivity contribution in [1.82, 2.24) is 15.1 Å². The van der Waals surface area contributed by atoms with Gasteiger partial charge in [0.25, 0.3) is 5.71 Å². The van der Waals surface area contributed by atoms with Gasteiger partial charge in [0.15, 0.2) is 0 Å². The topological polar surface area (TPSA) is 54.7 Å². The zero-order valence-corrected chi connectivity index (χ0v) is 3.96. The van der Waals surface area contributed by atoms with Gasteiger partial charge in [-0.15, -0.1) is 0 Å². The first kappa shape index (κ1) is 3.65. The monoisotopic (exact) mass is 109 g/mol. The van der Waals surface area contributed by atoms with Gasteiger partial charge in [-0.2, -0.15) is 4.98 Å². The van der Waals surface area contributed by atoms with Gasteiger partial charge >= 0.3 is 0 Å². The summed E-state index contributed by atoms with van der Waals surface area (Å²) in [5.74, 6) is 0. The Labute approximate surface area is 44.5 Å². The highest BCUT2D eigenvalue weighted by atomic mass is 16.5. The molecule has 0 radical (unpaired) electrons. The molecule has 2 rings (SSSR count). The zero-order chi connectivity index (χ0) is 5.40. The highest BCUT2D eigenvalue weighted by molar-refractivity contribution is 5.65. The second-order valence-corrected chi connectivity index (χ2v) is 1.45. The SMILES string of the molecule is c1nc2oncc2[nH]1. The van der Waals surface area contributed by atoms with E-state index in [1.807, 2.05) is 0 Å². The summed E-state index contributed by atoms with van der Waals surface area (Å²) in [6.07, 6.45) is 3.15. The van der Waals surface area contributed by atoms with Gasteiger partial charge in [0.1, 0.15) is 5.52 Å². The molecule has 0 aliphatic heterocycles. The molecule has 4 heteroatoms. The first-order valence-electron chi connectivity index (χ1n) is 2.20. The number of imidazole rings is 1. The summed E-state index contributed by atoms with van der Waals surface area (Å²) < 4.78 is 4.67. The van der Waals surface area contributed by atoms with Gasteiger partial charge in [0.05, 0.1) is 12.5 Å². The van der Waals surface area contributed by atoms with Gasteiger partial charge in [-0.25, -0.2) is 0 Å². The van der Waals surface area contributed by atoms with Crippen LogP contribution in [-0.2, 0) is 0 Å². The van der Waals surface area contributed by atoms with Gasteiger partial charge in [-0.1, -0.05) is 5.16 Å². The Morgan fingerprint density at radius 3 is 3.50 bits per heavy atom. The van der Waals surface area contributed by atoms with Crippen LogP contribution in [0.2, 0.25) is 0 Å². The maximum atomic E-state index is 4.67. The third-order valence-corrected chi connectivity index (χ3v) is 0.953. The van der Waals surface area contributed by atoms with E-state index in [4.69, 9.17) is 0 Å². The Morgan fingerprint density at radius 1 is 1.62 bits per heavy atom. The van der Waals surface area contributed by atoms with Crippen molar-refractivity contribution >= 4 is 11.2 Å². The molecule has 2 aromatic heterocycles. The van der Waals surface area contributed by atoms with E-state index in [2.05, 4.69) is 19.6 Å². The average molecular weight is 109 g/mol. The minimum atomic E-state index is 0.560. The minimum Gasteiger partial charge on any atom is -0.340 e. The van der Waals surface area contributed by atoms with Gasteiger partial charge in [0.2, 0.25) is 0 Å². The van der Waals surface area contributed by atoms with Crippen LogP contribution in [0.15, 0.2) is 17.0 Å². The number of H-pyrrole nitrogens is 1. The van der Waals surface area contributed by atoms with Gasteiger partial charge in [-0.3, -0.25) is 0 Å². The van der Waals surface area contributed by atoms with Crippen LogP contribution in [0.1, 0.15) is 0 Å². The molecule has 0 bridgehead atoms. The van der Waals surface area contributed by atoms with E-state index in [9.17, 15) is 0 Å². The van der Waals surface area contributed by atoms with E-state index >= 15 is 0 Å². The normalized spacial score (nSPS) is 10.5. The number of hydrogen-bond acceptors (Lipinski definition) is 3. The lowest BCUT2D eigenvalue weighted by Crippen LogP contribution is -1.54. The molecule has 0 unspecified atom stereocenters. The van der Waals surface area contributed by atoms with Gasteiger partial charge in [-0.05, 0) is 0 Å². The van der Waals surface area contributed by atoms with Gasteiger partial charge < -0.3 is 9.51 Å². The molecular weight excluding hydrogens is 106 g/mol. The summed E-state index contributed by atoms with van der Waals surface area (Å²) in [5.41, 5.74) is 1.40. The molecule has 0 fully saturated rings. The van der Waals surface area contributed by atoms with E-state index in [0.717, 1.165) is 5.52 Å². The van der Waals surface area contributed by atoms with Crippen LogP contribution in [0.3, 0.4) is 0 Å². The van der Waals surface area contributed by atoms with Crippen molar-refractivity contribution in [3.05, 3.63) is 12.5 Å². The summed E-state index contributed by atoms with van der Waals surface area (Å²) in [6.45, 7) is 0. The van der Waals surface area contributed by atoms with Crippen molar-refractivity contribution in [2.24, 2.45) is 0 Å². The van der Waals surface area contributed by atoms with E-state index in [-0.39, 0.29) is 0 Å². The van der Waals surface area contributed by atoms with E-state index in [1.54, 1.807) is 12.5 Å². The molecule has 40 valence electrons. The molecule has 0 aromatic carbocycles. The van der Waals surface area contributed by atoms with Crippen LogP contribution in [0.5, 0.6) is 0 Å². The number of aromatic amines is 1. The predicted octanol–water partition coefficient (Wildman–Crippen LogP) is 0.551. The fourth-order valence-corrected chi connectivity index (χ4v) is 0.586. The second-order valence-electron chi connectivity index (χ2n) is 1.45. The maximum absolute atomic E-state index is 4.67. The third-order valence-electron chi connectivity index (χ3n) is 0.953. The first-order valence-corrected chi connectivity index (χ1v) is 2.20. The molecule has 0 saturated heterocycles. The fourth-order valence-electron chi connectivity index (χ4n) is 0.586. The highest BCUT2D eigenvalue weighted by Crippen LogP contribution is 2.03. The molecule has 0 amide bonds. The van der Waals surface area contributed by atoms with Crippen molar-refractivity contribution in [2.45, 2.75) is 0 Å². The van der Waals surface area contributed by atoms with Crippen molar-refractivity contribution < 1.29 is 4.52 Å². The smallest absolute Gasteiger partial charge is 0.275 e. The number of hydrogen-bond donors (Lipinski definition) is 1. The Morgan fingerprint density at radius 2 is 2.62 bits per heavy atom. The first-order chi connectivity index (χ1) is 3.97. The summed E-state index contributed by atoms with van der Waals surface area (Å²) >= 11 is 0. The Hall–Kier alpha value is -1.32. The van der Waals surface area contributed by atoms with Crippen LogP contribution in [0, 0.1) is 0 Å². The Balaban J connectivity index is 3.06. The summed E-state index contributed by atoms with van der Waals surface area (Å²) in [6, 6.07) is 0. The van der Waals surface area contributed by atoms with Crippen LogP contribution in [-0.4, -0.2) is 15.1 Å². The van der Waals surface area contributed by atoms with Gasteiger partial charge in [0, 0.05) is 0 Å². The average Bonchev–Trinajstić information content (AvgIpc) is 2.15. The molecule has 0 atom stereocenters. The van der Waals surface area contributed by atoms with Crippen molar-refractivity contribution in [3.8, 4) is 0 Å². The molecule has 2 heterocycles. The maximum Gasteiger partial charge on any atom is 0.275 e. The molecule has 0 aliphatic carbocycles. The molecular formula is C4H3N3O. The molecule has 2 aromatic rings. The summed E-state index contributed by atoms with van der Waals surface area (Å²) in [7, 11) is 0. The van der Waals surface area contributed by atoms with Crippen molar-refractivity contribution in [3.63, 3.8) is 0 Å². The van der Waals surface area contributed by atoms with Crippen molar-refractivity contribution in [1.29, 1.82) is 0 Å². The largest absolute Gasteiger partial charge is 0.340 e. The molecule has 0 aliphatic rings. The number of nitrogens with zero attached hydrogens (tertiary/aromatic N) is 2. The lowest BCUT2D eigenvalue weighted by atomic mass is 10.6. The number of rotatable bonds is 0. The van der Waals surface area contributed by atoms with E-state index in [0.29, 0.717) is 5.71 Å². The summed E-state index contributed by atoms with van der Waals surface area (Å²) in [5, 5.41) is 3.49. The Bertz CT molecular complexity index is 233. The lowest BCUT2D eigenvalue weighted by molar-refractivity contribution is 0.449. The van der Waals surface area contributed by atoms with Crippen LogP contribution < -0.4 is 0 Å². The molecule has 8 heavy (non-hydrogen) atoms. The molecule has 0 saturated carbocycles. The fraction of sp³-hybridized carbons (Fsp3) is 0. The third kappa shape index (κ3) is 0.294. The standard InChI is InChI=1S/C4H3N3O/c1-3-4(8-7-1)6-2-5-3/h1-2H,(H,5,6). The number of fused-ring (bicyclic) bond motifs is 1. The Kier molecular flexibility index (Phi) is 0.498. The quantitative estimate of drug-likeness (QED) is 0.537. The van der Waals surface area contributed by atoms with Crippen molar-refractivity contribution in [2.75, 3.05) is 0 Å². The predicted molar refractivity (Wildman–Crippen MR) is 26.2 cm³/mol. The minimum absolute atomic E-state index is 0.560. The van der Waals surface area contributed by atoms with Crippen LogP contribution in [0.4, 0.5) is 0 Å². The van der Waals surface area contributed by atoms with E-state index < -0.39 is 0 Å². The molecule has 0 spiro atoms. The molecule has 1 N–H and O–H groups in total. The number of nitrogens with one attached hydrogen (secondary N) is 1. The lowest BCUT2D eigenvalue weighted by Gasteiger charge is -1.60. The van der Waals surface area contributed by atoms with Crippen LogP contribution >= 0.6 is 0 Å². The second kappa shape index (κ2) is 1.09. The van der Waals surface area contributed by atoms with Crippen LogP contribution in [0.25, 0.3) is 11.2 Å². The van der Waals surface area contributed by atoms with E-state index in [1.165, 1.54) is 0 Å². The molecule has 4 nitrogen and oxygen atoms in total. The summed E-state index contributed by atoms with van der Waals surface area (Å²) in [4.78, 5) is 6.63. The number of aromatic nitrogens is 3.